The van der Waals surface area contributed by atoms with Gasteiger partial charge in [0.2, 0.25) is 5.92 Å². The van der Waals surface area contributed by atoms with Crippen LogP contribution in [-0.4, -0.2) is 61.0 Å². The van der Waals surface area contributed by atoms with Gasteiger partial charge in [0, 0.05) is 12.3 Å². The molecule has 2 fully saturated rings. The summed E-state index contributed by atoms with van der Waals surface area (Å²) in [5.41, 5.74) is -11.0. The van der Waals surface area contributed by atoms with Crippen molar-refractivity contribution in [1.82, 2.24) is 0 Å². The van der Waals surface area contributed by atoms with Gasteiger partial charge in [0.1, 0.15) is 0 Å². The van der Waals surface area contributed by atoms with Gasteiger partial charge in [-0.1, -0.05) is 231 Å². The van der Waals surface area contributed by atoms with E-state index >= 15 is 0 Å². The maximum atomic E-state index is 12.8. The lowest BCUT2D eigenvalue weighted by Crippen LogP contribution is -2.47. The molecular weight excluding hydrogens is 1690 g/mol. The predicted molar refractivity (Wildman–Crippen MR) is 411 cm³/mol. The summed E-state index contributed by atoms with van der Waals surface area (Å²) >= 11 is 0. The van der Waals surface area contributed by atoms with Crippen LogP contribution < -0.4 is 0 Å². The molecule has 0 heterocycles. The number of hydrogen-bond acceptors (Lipinski definition) is 0. The first kappa shape index (κ1) is 136. The highest BCUT2D eigenvalue weighted by Gasteiger charge is 2.66. The Morgan fingerprint density at radius 3 is 0.717 bits per heavy atom. The minimum absolute atomic E-state index is 0.0625. The lowest BCUT2D eigenvalue weighted by molar-refractivity contribution is -0.335. The fraction of sp³-hybridized carbons (Fsp3) is 0.857. The molecule has 0 spiro atoms. The summed E-state index contributed by atoms with van der Waals surface area (Å²) in [7, 11) is 0. The third-order valence-electron chi connectivity index (χ3n) is 19.1. The van der Waals surface area contributed by atoms with Gasteiger partial charge in [0.15, 0.2) is 16.5 Å². The minimum Gasteiger partial charge on any atom is -0.234 e. The Balaban J connectivity index is -0.000000139. The first-order chi connectivity index (χ1) is 52.4. The van der Waals surface area contributed by atoms with E-state index in [0.29, 0.717) is 49.7 Å². The molecule has 2 aromatic carbocycles. The molecule has 120 heavy (non-hydrogen) atoms. The summed E-state index contributed by atoms with van der Waals surface area (Å²) in [6.45, 7) is 52.4. The van der Waals surface area contributed by atoms with Gasteiger partial charge in [-0.2, -0.15) is 145 Å². The first-order valence-corrected chi connectivity index (χ1v) is 39.5. The molecule has 0 N–H and O–H groups in total. The zero-order valence-electron chi connectivity index (χ0n) is 76.1. The van der Waals surface area contributed by atoms with Crippen molar-refractivity contribution >= 4 is 0 Å². The first-order valence-electron chi connectivity index (χ1n) is 39.5. The second kappa shape index (κ2) is 55.5. The molecule has 1 unspecified atom stereocenters. The molecule has 0 aromatic heterocycles. The van der Waals surface area contributed by atoms with E-state index in [1.165, 1.54) is 84.3 Å². The SMILES string of the molecule is CC.CC(C)(C(F)(F)F)C(F)(F)F.CC(C)(F)C(F)(F)F.CC(C)C(F)(F)F.CCC.CCC(C)(C(F)(F)F)C(F)(F)F.CCC(C)(C)C.CCC(C)(C)C.CCC(C)(F)F.CCC(C)C(F)(F)F.CCC1(C(F)(F)F)CCCC1.CCC1(C)CCCC1.Cc1c(C(C)C)cc(C(F)(F)F)cc1C(C)C.Cc1c(C(F)(F)F)cccc1C(F)(F)F. The number of halogens is 36. The van der Waals surface area contributed by atoms with Gasteiger partial charge >= 0.3 is 67.9 Å². The topological polar surface area (TPSA) is 0 Å². The average molecular weight is 1830 g/mol. The summed E-state index contributed by atoms with van der Waals surface area (Å²) in [6, 6.07) is 4.57. The Kier molecular flexibility index (Phi) is 63.1. The highest BCUT2D eigenvalue weighted by molar-refractivity contribution is 5.43. The summed E-state index contributed by atoms with van der Waals surface area (Å²) in [6.07, 6.45) is -38.8. The zero-order chi connectivity index (χ0) is 99.7. The van der Waals surface area contributed by atoms with Gasteiger partial charge in [0.05, 0.1) is 28.0 Å². The molecule has 728 valence electrons. The van der Waals surface area contributed by atoms with E-state index in [2.05, 4.69) is 83.1 Å². The number of rotatable bonds is 7. The van der Waals surface area contributed by atoms with Crippen molar-refractivity contribution in [3.8, 4) is 0 Å². The van der Waals surface area contributed by atoms with Crippen LogP contribution in [0.25, 0.3) is 0 Å². The lowest BCUT2D eigenvalue weighted by Gasteiger charge is -2.32. The van der Waals surface area contributed by atoms with Gasteiger partial charge in [-0.05, 0) is 175 Å². The van der Waals surface area contributed by atoms with Crippen LogP contribution in [0.1, 0.15) is 368 Å². The van der Waals surface area contributed by atoms with E-state index in [-0.39, 0.29) is 51.9 Å². The summed E-state index contributed by atoms with van der Waals surface area (Å²) in [4.78, 5) is 0. The van der Waals surface area contributed by atoms with Crippen LogP contribution in [0.15, 0.2) is 30.3 Å². The van der Waals surface area contributed by atoms with Crippen LogP contribution in [0, 0.1) is 58.2 Å². The van der Waals surface area contributed by atoms with E-state index in [9.17, 15) is 158 Å². The summed E-state index contributed by atoms with van der Waals surface area (Å²) in [5, 5.41) is 0. The summed E-state index contributed by atoms with van der Waals surface area (Å²) < 4.78 is 426. The standard InChI is InChI=1S/C14H19F3.C9H6F6.C8H13F3.C8H16.C6H8F6.2C6H14.C5H6F6.C5H9F3.C4H6F4.C4H7F3.C4H8F2.C3H8.C2H6/c1-8(2)12-6-11(14(15,16)17)7-13(9(3)4)10(12)5;1-5-6(8(10,11)12)3-2-4-7(5)9(13,14)15;1-2-7(8(9,10)11)5-3-4-6-7;1-3-8(2)6-4-5-7-8;1-3-4(2,5(7,8)9)6(10,11)12;2*1-5-6(2,3)4;1-3(2,4(6,7)8)5(9,10)11;1-3-4(2)5(6,7)8;1-3(2,5)4(6,7)8;1-3(2)4(5,6)7;1-3-4(2,5)6;1-3-2;1-2/h6-9H,1-5H3;2-4H,1H3;2-6H2,1H3;3-7H2,1-2H3;3H2,1-2H3;2*5H2,1-4H3;1-2H3;4H,3H2,1-2H3;1-2H3;3H,1-2H3;3H2,1-2H3;3H2,1-2H3;1-2H3. The van der Waals surface area contributed by atoms with Crippen LogP contribution in [0.3, 0.4) is 0 Å². The Morgan fingerprint density at radius 1 is 0.358 bits per heavy atom. The number of hydrogen-bond donors (Lipinski definition) is 0. The van der Waals surface area contributed by atoms with E-state index in [0.717, 1.165) is 75.6 Å². The average Bonchev–Trinajstić information content (AvgIpc) is 1.06. The number of alkyl halides is 36. The third-order valence-corrected chi connectivity index (χ3v) is 19.1. The fourth-order valence-corrected chi connectivity index (χ4v) is 7.80. The molecule has 2 saturated carbocycles. The highest BCUT2D eigenvalue weighted by Crippen LogP contribution is 2.54. The predicted octanol–water partition coefficient (Wildman–Crippen LogP) is 38.9. The number of benzene rings is 2. The van der Waals surface area contributed by atoms with Crippen molar-refractivity contribution in [2.75, 3.05) is 0 Å². The molecule has 4 rings (SSSR count). The monoisotopic (exact) mass is 1830 g/mol. The van der Waals surface area contributed by atoms with Crippen molar-refractivity contribution in [2.24, 2.45) is 44.3 Å². The van der Waals surface area contributed by atoms with Crippen molar-refractivity contribution in [3.63, 3.8) is 0 Å². The van der Waals surface area contributed by atoms with Gasteiger partial charge in [-0.25, -0.2) is 13.2 Å². The molecule has 2 aromatic rings. The van der Waals surface area contributed by atoms with E-state index < -0.39 is 136 Å². The van der Waals surface area contributed by atoms with Gasteiger partial charge in [0.25, 0.3) is 0 Å². The lowest BCUT2D eigenvalue weighted by atomic mass is 9.83. The van der Waals surface area contributed by atoms with Gasteiger partial charge in [-0.3, -0.25) is 0 Å². The maximum absolute atomic E-state index is 12.8. The Morgan fingerprint density at radius 2 is 0.617 bits per heavy atom. The van der Waals surface area contributed by atoms with Gasteiger partial charge < -0.3 is 0 Å². The van der Waals surface area contributed by atoms with E-state index in [1.54, 1.807) is 6.92 Å². The Hall–Kier alpha value is -4.08. The van der Waals surface area contributed by atoms with E-state index in [1.807, 2.05) is 48.5 Å². The molecule has 36 heteroatoms. The smallest absolute Gasteiger partial charge is 0.234 e. The molecule has 0 saturated heterocycles. The maximum Gasteiger partial charge on any atom is 0.421 e. The van der Waals surface area contributed by atoms with Crippen molar-refractivity contribution < 1.29 is 158 Å². The third kappa shape index (κ3) is 59.8. The largest absolute Gasteiger partial charge is 0.421 e. The normalized spacial score (nSPS) is 15.0. The molecule has 2 aliphatic rings. The second-order valence-electron chi connectivity index (χ2n) is 33.5. The fourth-order valence-electron chi connectivity index (χ4n) is 7.80. The Bertz CT molecular complexity index is 2700. The van der Waals surface area contributed by atoms with Crippen molar-refractivity contribution in [3.05, 3.63) is 69.3 Å². The Labute approximate surface area is 692 Å². The molecule has 0 amide bonds. The summed E-state index contributed by atoms with van der Waals surface area (Å²) in [5.74, 6) is -4.60. The van der Waals surface area contributed by atoms with Crippen LogP contribution in [0.2, 0.25) is 0 Å². The molecule has 2 aliphatic carbocycles. The molecule has 0 bridgehead atoms. The molecule has 0 nitrogen and oxygen atoms in total. The van der Waals surface area contributed by atoms with Crippen LogP contribution in [0.4, 0.5) is 158 Å². The van der Waals surface area contributed by atoms with E-state index in [4.69, 9.17) is 0 Å². The molecule has 0 aliphatic heterocycles. The quantitative estimate of drug-likeness (QED) is 0.242. The van der Waals surface area contributed by atoms with Crippen molar-refractivity contribution in [2.45, 2.75) is 423 Å². The van der Waals surface area contributed by atoms with Crippen LogP contribution in [-0.2, 0) is 18.5 Å². The second-order valence-corrected chi connectivity index (χ2v) is 33.5. The molecule has 0 radical (unpaired) electrons. The zero-order valence-corrected chi connectivity index (χ0v) is 76.1. The molecular formula is C84H140F36. The van der Waals surface area contributed by atoms with Crippen molar-refractivity contribution in [1.29, 1.82) is 0 Å². The molecule has 1 atom stereocenters. The van der Waals surface area contributed by atoms with Crippen LogP contribution >= 0.6 is 0 Å². The highest BCUT2D eigenvalue weighted by atomic mass is 19.5. The van der Waals surface area contributed by atoms with Crippen LogP contribution in [0.5, 0.6) is 0 Å². The minimum atomic E-state index is -5.24. The van der Waals surface area contributed by atoms with Gasteiger partial charge in [-0.15, -0.1) is 0 Å².